The van der Waals surface area contributed by atoms with E-state index < -0.39 is 18.1 Å². The molecule has 1 N–H and O–H groups in total. The molecule has 0 aliphatic heterocycles. The van der Waals surface area contributed by atoms with Gasteiger partial charge < -0.3 is 20.0 Å². The normalized spacial score (nSPS) is 11.3. The summed E-state index contributed by atoms with van der Waals surface area (Å²) in [5, 5.41) is 13.0. The van der Waals surface area contributed by atoms with E-state index in [0.717, 1.165) is 0 Å². The van der Waals surface area contributed by atoms with Crippen LogP contribution in [0.1, 0.15) is 13.8 Å². The summed E-state index contributed by atoms with van der Waals surface area (Å²) >= 11 is 0. The van der Waals surface area contributed by atoms with Crippen molar-refractivity contribution in [1.82, 2.24) is 5.32 Å². The van der Waals surface area contributed by atoms with Gasteiger partial charge in [-0.25, -0.2) is 4.79 Å². The van der Waals surface area contributed by atoms with E-state index in [9.17, 15) is 14.7 Å². The number of carbonyl (C=O) groups is 2. The number of para-hydroxylation sites is 1. The number of benzene rings is 1. The minimum absolute atomic E-state index is 0. The number of aliphatic carboxylic acids is 1. The zero-order valence-corrected chi connectivity index (χ0v) is 12.7. The van der Waals surface area contributed by atoms with E-state index in [-0.39, 0.29) is 35.5 Å². The Morgan fingerprint density at radius 2 is 1.78 bits per heavy atom. The molecule has 92 valence electrons. The Kier molecular flexibility index (Phi) is 7.66. The molecule has 0 heterocycles. The smallest absolute Gasteiger partial charge is 0.548 e. The van der Waals surface area contributed by atoms with Crippen molar-refractivity contribution < 1.29 is 49.0 Å². The van der Waals surface area contributed by atoms with Gasteiger partial charge in [0.25, 0.3) is 0 Å². The Hall–Kier alpha value is -1.04. The van der Waals surface area contributed by atoms with Crippen molar-refractivity contribution in [2.45, 2.75) is 19.9 Å². The average molecular weight is 259 g/mol. The maximum absolute atomic E-state index is 11.4. The van der Waals surface area contributed by atoms with Crippen LogP contribution in [-0.2, 0) is 4.79 Å². The first-order valence-electron chi connectivity index (χ1n) is 5.25. The van der Waals surface area contributed by atoms with Crippen LogP contribution in [0.25, 0.3) is 0 Å². The van der Waals surface area contributed by atoms with E-state index >= 15 is 0 Å². The molecular formula is C12H14NNaO4. The van der Waals surface area contributed by atoms with Crippen molar-refractivity contribution in [3.63, 3.8) is 0 Å². The molecule has 1 amide bonds. The fourth-order valence-electron chi connectivity index (χ4n) is 1.25. The molecule has 0 saturated carbocycles. The molecule has 0 aliphatic carbocycles. The van der Waals surface area contributed by atoms with Gasteiger partial charge in [-0.15, -0.1) is 0 Å². The molecule has 1 aromatic carbocycles. The van der Waals surface area contributed by atoms with Gasteiger partial charge in [0.1, 0.15) is 5.75 Å². The van der Waals surface area contributed by atoms with Crippen LogP contribution in [0.4, 0.5) is 4.79 Å². The first-order chi connectivity index (χ1) is 8.00. The van der Waals surface area contributed by atoms with E-state index in [1.54, 1.807) is 44.2 Å². The van der Waals surface area contributed by atoms with Gasteiger partial charge in [0.05, 0.1) is 12.0 Å². The Bertz CT molecular complexity index is 394. The Morgan fingerprint density at radius 3 is 2.22 bits per heavy atom. The molecule has 0 saturated heterocycles. The first-order valence-corrected chi connectivity index (χ1v) is 5.25. The van der Waals surface area contributed by atoms with E-state index in [4.69, 9.17) is 4.74 Å². The molecule has 0 aromatic heterocycles. The number of hydrogen-bond acceptors (Lipinski definition) is 4. The number of carboxylic acids is 1. The number of nitrogens with one attached hydrogen (secondary N) is 1. The number of rotatable bonds is 4. The predicted molar refractivity (Wildman–Crippen MR) is 59.2 cm³/mol. The van der Waals surface area contributed by atoms with Crippen molar-refractivity contribution in [3.05, 3.63) is 30.3 Å². The van der Waals surface area contributed by atoms with Crippen LogP contribution < -0.4 is 44.7 Å². The van der Waals surface area contributed by atoms with Crippen LogP contribution in [0.15, 0.2) is 30.3 Å². The molecule has 0 unspecified atom stereocenters. The van der Waals surface area contributed by atoms with Crippen molar-refractivity contribution in [2.24, 2.45) is 5.92 Å². The third kappa shape index (κ3) is 5.53. The summed E-state index contributed by atoms with van der Waals surface area (Å²) < 4.78 is 4.90. The van der Waals surface area contributed by atoms with Gasteiger partial charge in [0.2, 0.25) is 0 Å². The van der Waals surface area contributed by atoms with Crippen molar-refractivity contribution in [3.8, 4) is 5.75 Å². The summed E-state index contributed by atoms with van der Waals surface area (Å²) in [5.41, 5.74) is 0. The largest absolute Gasteiger partial charge is 1.00 e. The molecule has 0 aliphatic rings. The van der Waals surface area contributed by atoms with Crippen LogP contribution in [0.3, 0.4) is 0 Å². The van der Waals surface area contributed by atoms with E-state index in [1.807, 2.05) is 0 Å². The van der Waals surface area contributed by atoms with E-state index in [0.29, 0.717) is 5.75 Å². The van der Waals surface area contributed by atoms with Gasteiger partial charge in [-0.05, 0) is 18.1 Å². The topological polar surface area (TPSA) is 78.5 Å². The fraction of sp³-hybridized carbons (Fsp3) is 0.333. The summed E-state index contributed by atoms with van der Waals surface area (Å²) in [5.74, 6) is -1.25. The summed E-state index contributed by atoms with van der Waals surface area (Å²) in [6.45, 7) is 3.34. The molecule has 0 radical (unpaired) electrons. The molecule has 1 rings (SSSR count). The average Bonchev–Trinajstić information content (AvgIpc) is 2.26. The monoisotopic (exact) mass is 259 g/mol. The van der Waals surface area contributed by atoms with Crippen LogP contribution in [-0.4, -0.2) is 18.1 Å². The van der Waals surface area contributed by atoms with Crippen LogP contribution >= 0.6 is 0 Å². The quantitative estimate of drug-likeness (QED) is 0.609. The Morgan fingerprint density at radius 1 is 1.22 bits per heavy atom. The molecule has 6 heteroatoms. The molecule has 0 bridgehead atoms. The fourth-order valence-corrected chi connectivity index (χ4v) is 1.25. The minimum Gasteiger partial charge on any atom is -0.548 e. The molecule has 18 heavy (non-hydrogen) atoms. The van der Waals surface area contributed by atoms with Gasteiger partial charge >= 0.3 is 35.7 Å². The molecule has 5 nitrogen and oxygen atoms in total. The Balaban J connectivity index is 0.00000289. The first kappa shape index (κ1) is 17.0. The Labute approximate surface area is 128 Å². The van der Waals surface area contributed by atoms with Gasteiger partial charge in [-0.2, -0.15) is 0 Å². The van der Waals surface area contributed by atoms with Crippen LogP contribution in [0.5, 0.6) is 5.75 Å². The van der Waals surface area contributed by atoms with Crippen LogP contribution in [0.2, 0.25) is 0 Å². The molecule has 0 fully saturated rings. The number of carboxylic acid groups (broad SMARTS) is 1. The number of ether oxygens (including phenoxy) is 1. The minimum atomic E-state index is -1.33. The van der Waals surface area contributed by atoms with Gasteiger partial charge in [-0.1, -0.05) is 32.0 Å². The van der Waals surface area contributed by atoms with E-state index in [1.165, 1.54) is 0 Å². The third-order valence-electron chi connectivity index (χ3n) is 2.15. The van der Waals surface area contributed by atoms with Crippen molar-refractivity contribution >= 4 is 12.1 Å². The standard InChI is InChI=1S/C12H15NO4.Na/c1-8(2)10(11(14)15)13-12(16)17-9-6-4-3-5-7-9;/h3-8,10H,1-2H3,(H,13,16)(H,14,15);/q;+1/p-1/t10-;/m0./s1. The van der Waals surface area contributed by atoms with Crippen LogP contribution in [0, 0.1) is 5.92 Å². The summed E-state index contributed by atoms with van der Waals surface area (Å²) in [6.07, 6.45) is -0.806. The molecular weight excluding hydrogens is 245 g/mol. The summed E-state index contributed by atoms with van der Waals surface area (Å²) in [4.78, 5) is 22.2. The number of hydrogen-bond donors (Lipinski definition) is 1. The summed E-state index contributed by atoms with van der Waals surface area (Å²) in [7, 11) is 0. The molecule has 0 spiro atoms. The van der Waals surface area contributed by atoms with Gasteiger partial charge in [0.15, 0.2) is 0 Å². The van der Waals surface area contributed by atoms with Gasteiger partial charge in [0, 0.05) is 0 Å². The maximum Gasteiger partial charge on any atom is 1.00 e. The second-order valence-electron chi connectivity index (χ2n) is 3.89. The molecule has 1 atom stereocenters. The SMILES string of the molecule is CC(C)[C@H](NC(=O)Oc1ccccc1)C(=O)[O-].[Na+]. The summed E-state index contributed by atoms with van der Waals surface area (Å²) in [6, 6.07) is 7.34. The zero-order chi connectivity index (χ0) is 12.8. The van der Waals surface area contributed by atoms with Crippen molar-refractivity contribution in [2.75, 3.05) is 0 Å². The molecule has 1 aromatic rings. The number of carbonyl (C=O) groups excluding carboxylic acids is 2. The van der Waals surface area contributed by atoms with Crippen molar-refractivity contribution in [1.29, 1.82) is 0 Å². The second-order valence-corrected chi connectivity index (χ2v) is 3.89. The maximum atomic E-state index is 11.4. The van der Waals surface area contributed by atoms with E-state index in [2.05, 4.69) is 5.32 Å². The third-order valence-corrected chi connectivity index (χ3v) is 2.15. The number of amides is 1. The van der Waals surface area contributed by atoms with Gasteiger partial charge in [-0.3, -0.25) is 0 Å². The second kappa shape index (κ2) is 8.13. The predicted octanol–water partition coefficient (Wildman–Crippen LogP) is -2.45. The zero-order valence-electron chi connectivity index (χ0n) is 10.7.